The van der Waals surface area contributed by atoms with E-state index in [0.29, 0.717) is 74.0 Å². The van der Waals surface area contributed by atoms with Crippen LogP contribution in [-0.4, -0.2) is 91.4 Å². The smallest absolute Gasteiger partial charge is 0.254 e. The van der Waals surface area contributed by atoms with Gasteiger partial charge in [-0.05, 0) is 92.8 Å². The fraction of sp³-hybridized carbons (Fsp3) is 0.370. The molecule has 0 saturated carbocycles. The number of carbonyl (C=O) groups excluding carboxylic acids is 2. The molecule has 4 aromatic carbocycles. The first-order valence-corrected chi connectivity index (χ1v) is 19.9. The molecule has 3 aliphatic heterocycles. The molecule has 0 aliphatic carbocycles. The Morgan fingerprint density at radius 1 is 0.862 bits per heavy atom. The molecule has 302 valence electrons. The molecule has 0 radical (unpaired) electrons. The van der Waals surface area contributed by atoms with Gasteiger partial charge in [-0.2, -0.15) is 0 Å². The molecule has 2 atom stereocenters. The molecule has 3 aliphatic rings. The Morgan fingerprint density at radius 2 is 1.57 bits per heavy atom. The lowest BCUT2D eigenvalue weighted by atomic mass is 9.81. The lowest BCUT2D eigenvalue weighted by Crippen LogP contribution is -2.40. The highest BCUT2D eigenvalue weighted by molar-refractivity contribution is 5.98. The molecule has 0 spiro atoms. The van der Waals surface area contributed by atoms with E-state index in [1.165, 1.54) is 33.5 Å². The number of amides is 1. The molecule has 8 rings (SSSR count). The topological polar surface area (TPSA) is 105 Å². The summed E-state index contributed by atoms with van der Waals surface area (Å²) in [6.07, 6.45) is 4.76. The average molecular weight is 789 g/mol. The van der Waals surface area contributed by atoms with Gasteiger partial charge in [0, 0.05) is 37.5 Å². The number of rotatable bonds is 14. The number of nitrogens with zero attached hydrogens (tertiary/aromatic N) is 4. The summed E-state index contributed by atoms with van der Waals surface area (Å²) in [6.45, 7) is 3.69. The van der Waals surface area contributed by atoms with Gasteiger partial charge in [0.2, 0.25) is 17.8 Å². The lowest BCUT2D eigenvalue weighted by Gasteiger charge is -2.35. The predicted octanol–water partition coefficient (Wildman–Crippen LogP) is 7.52. The van der Waals surface area contributed by atoms with Crippen molar-refractivity contribution in [1.82, 2.24) is 19.4 Å². The summed E-state index contributed by atoms with van der Waals surface area (Å²) in [5.74, 6) is 1.92. The second-order valence-electron chi connectivity index (χ2n) is 15.4. The number of hydrogen-bond acceptors (Lipinski definition) is 9. The van der Waals surface area contributed by atoms with Gasteiger partial charge >= 0.3 is 0 Å². The number of para-hydroxylation sites is 2. The second-order valence-corrected chi connectivity index (χ2v) is 15.4. The maximum atomic E-state index is 14.2. The van der Waals surface area contributed by atoms with Crippen LogP contribution >= 0.6 is 0 Å². The Bertz CT molecular complexity index is 2260. The highest BCUT2D eigenvalue weighted by Gasteiger charge is 2.47. The maximum absolute atomic E-state index is 14.2. The maximum Gasteiger partial charge on any atom is 0.254 e. The van der Waals surface area contributed by atoms with Crippen LogP contribution in [0.15, 0.2) is 103 Å². The zero-order chi connectivity index (χ0) is 40.2. The molecular weight excluding hydrogens is 740 g/mol. The van der Waals surface area contributed by atoms with Crippen molar-refractivity contribution in [2.24, 2.45) is 11.3 Å². The molecule has 2 unspecified atom stereocenters. The van der Waals surface area contributed by atoms with Crippen LogP contribution in [0, 0.1) is 17.2 Å². The van der Waals surface area contributed by atoms with Gasteiger partial charge in [-0.15, -0.1) is 0 Å². The van der Waals surface area contributed by atoms with Crippen LogP contribution in [0.25, 0.3) is 11.0 Å². The first-order valence-electron chi connectivity index (χ1n) is 19.9. The van der Waals surface area contributed by atoms with Gasteiger partial charge in [0.1, 0.15) is 17.8 Å². The predicted molar refractivity (Wildman–Crippen MR) is 217 cm³/mol. The van der Waals surface area contributed by atoms with Crippen molar-refractivity contribution in [3.05, 3.63) is 131 Å². The minimum absolute atomic E-state index is 0.0392. The van der Waals surface area contributed by atoms with Crippen molar-refractivity contribution in [3.63, 3.8) is 0 Å². The third kappa shape index (κ3) is 7.98. The van der Waals surface area contributed by atoms with Crippen LogP contribution in [0.4, 0.5) is 4.39 Å². The first kappa shape index (κ1) is 39.0. The molecule has 2 saturated heterocycles. The number of fused-ring (bicyclic) bond motifs is 1. The summed E-state index contributed by atoms with van der Waals surface area (Å²) in [7, 11) is 4.61. The Kier molecular flexibility index (Phi) is 11.4. The van der Waals surface area contributed by atoms with Crippen LogP contribution in [0.5, 0.6) is 17.2 Å². The molecular formula is C46H49FN4O7. The van der Waals surface area contributed by atoms with Gasteiger partial charge in [-0.3, -0.25) is 9.59 Å². The van der Waals surface area contributed by atoms with E-state index in [1.807, 2.05) is 51.9 Å². The molecule has 1 amide bonds. The molecule has 0 bridgehead atoms. The van der Waals surface area contributed by atoms with Gasteiger partial charge in [0.05, 0.1) is 37.8 Å². The summed E-state index contributed by atoms with van der Waals surface area (Å²) < 4.78 is 44.9. The number of hydrogen-bond donors (Lipinski definition) is 0. The molecule has 2 fully saturated rings. The van der Waals surface area contributed by atoms with Crippen LogP contribution < -0.4 is 14.2 Å². The SMILES string of the molecule is COc1cc(C(=O)N2CCC(CCN3CCC(C(=O)c4nc5ccccc5n4Cc4ccc(F)cc4)CC3)(C3=COC(Cc4ccccc4)O3)C2)cc(OC)c1OC. The number of piperidine rings is 1. The molecule has 4 heterocycles. The lowest BCUT2D eigenvalue weighted by molar-refractivity contribution is -0.0453. The van der Waals surface area contributed by atoms with E-state index in [-0.39, 0.29) is 23.4 Å². The number of ketones is 1. The fourth-order valence-electron chi connectivity index (χ4n) is 8.61. The van der Waals surface area contributed by atoms with Crippen molar-refractivity contribution in [1.29, 1.82) is 0 Å². The quantitative estimate of drug-likeness (QED) is 0.106. The van der Waals surface area contributed by atoms with Crippen LogP contribution in [0.1, 0.15) is 57.8 Å². The highest BCUT2D eigenvalue weighted by Crippen LogP contribution is 2.46. The van der Waals surface area contributed by atoms with Crippen LogP contribution in [0.2, 0.25) is 0 Å². The number of methoxy groups -OCH3 is 3. The van der Waals surface area contributed by atoms with E-state index in [2.05, 4.69) is 17.0 Å². The van der Waals surface area contributed by atoms with E-state index in [1.54, 1.807) is 30.5 Å². The van der Waals surface area contributed by atoms with Gasteiger partial charge in [0.25, 0.3) is 5.91 Å². The summed E-state index contributed by atoms with van der Waals surface area (Å²) in [5, 5.41) is 0. The monoisotopic (exact) mass is 788 g/mol. The Balaban J connectivity index is 0.965. The summed E-state index contributed by atoms with van der Waals surface area (Å²) in [5.41, 5.74) is 3.64. The Morgan fingerprint density at radius 3 is 2.28 bits per heavy atom. The number of aromatic nitrogens is 2. The van der Waals surface area contributed by atoms with Gasteiger partial charge in [-0.25, -0.2) is 9.37 Å². The first-order chi connectivity index (χ1) is 28.3. The van der Waals surface area contributed by atoms with E-state index in [9.17, 15) is 14.0 Å². The fourth-order valence-corrected chi connectivity index (χ4v) is 8.61. The Hall–Kier alpha value is -5.88. The number of imidazole rings is 1. The summed E-state index contributed by atoms with van der Waals surface area (Å²) in [6, 6.07) is 27.6. The van der Waals surface area contributed by atoms with Crippen molar-refractivity contribution >= 4 is 22.7 Å². The van der Waals surface area contributed by atoms with Crippen molar-refractivity contribution in [3.8, 4) is 17.2 Å². The van der Waals surface area contributed by atoms with Crippen molar-refractivity contribution < 1.29 is 37.7 Å². The zero-order valence-corrected chi connectivity index (χ0v) is 33.2. The summed E-state index contributed by atoms with van der Waals surface area (Å²) >= 11 is 0. The molecule has 11 nitrogen and oxygen atoms in total. The summed E-state index contributed by atoms with van der Waals surface area (Å²) in [4.78, 5) is 37.4. The molecule has 0 N–H and O–H groups in total. The molecule has 58 heavy (non-hydrogen) atoms. The van der Waals surface area contributed by atoms with E-state index in [0.717, 1.165) is 54.0 Å². The van der Waals surface area contributed by atoms with Crippen LogP contribution in [0.3, 0.4) is 0 Å². The minimum atomic E-state index is -0.473. The molecule has 5 aromatic rings. The second kappa shape index (κ2) is 16.9. The molecule has 1 aromatic heterocycles. The van der Waals surface area contributed by atoms with E-state index >= 15 is 0 Å². The number of carbonyl (C=O) groups is 2. The van der Waals surface area contributed by atoms with Gasteiger partial charge < -0.3 is 38.1 Å². The third-order valence-electron chi connectivity index (χ3n) is 11.9. The van der Waals surface area contributed by atoms with E-state index < -0.39 is 11.7 Å². The number of ether oxygens (including phenoxy) is 5. The standard InChI is InChI=1S/C46H49FN4O7/c1-54-38-26-34(27-39(55-2)43(38)56-3)45(53)50-24-20-46(30-50,40-29-57-41(58-40)25-31-9-5-4-6-10-31)19-23-49-21-17-33(18-22-49)42(52)44-48-36-11-7-8-12-37(36)51(44)28-32-13-15-35(47)16-14-32/h4-16,26-27,29,33,41H,17-25,28,30H2,1-3H3. The zero-order valence-electron chi connectivity index (χ0n) is 33.2. The number of likely N-dealkylation sites (tertiary alicyclic amines) is 2. The third-order valence-corrected chi connectivity index (χ3v) is 11.9. The van der Waals surface area contributed by atoms with Crippen molar-refractivity contribution in [2.45, 2.75) is 44.9 Å². The average Bonchev–Trinajstić information content (AvgIpc) is 4.02. The van der Waals surface area contributed by atoms with Gasteiger partial charge in [-0.1, -0.05) is 54.6 Å². The number of benzene rings is 4. The number of halogens is 1. The molecule has 12 heteroatoms. The van der Waals surface area contributed by atoms with Crippen molar-refractivity contribution in [2.75, 3.05) is 54.1 Å². The van der Waals surface area contributed by atoms with Gasteiger partial charge in [0.15, 0.2) is 17.3 Å². The highest BCUT2D eigenvalue weighted by atomic mass is 19.1. The van der Waals surface area contributed by atoms with Crippen LogP contribution in [-0.2, 0) is 22.4 Å². The minimum Gasteiger partial charge on any atom is -0.493 e. The Labute approximate surface area is 337 Å². The van der Waals surface area contributed by atoms with E-state index in [4.69, 9.17) is 28.7 Å². The largest absolute Gasteiger partial charge is 0.493 e. The normalized spacial score (nSPS) is 19.8. The number of Topliss-reactive ketones (excluding diaryl/α,β-unsaturated/α-hetero) is 1.